The summed E-state index contributed by atoms with van der Waals surface area (Å²) in [4.78, 5) is 8.09. The quantitative estimate of drug-likeness (QED) is 0.281. The predicted molar refractivity (Wildman–Crippen MR) is 155 cm³/mol. The zero-order valence-corrected chi connectivity index (χ0v) is 24.3. The van der Waals surface area contributed by atoms with Crippen LogP contribution in [-0.4, -0.2) is 53.8 Å². The van der Waals surface area contributed by atoms with Crippen LogP contribution in [0, 0.1) is 6.92 Å². The van der Waals surface area contributed by atoms with Crippen LogP contribution in [-0.2, 0) is 35.0 Å². The fraction of sp³-hybridized carbons (Fsp3) is 0.429. The van der Waals surface area contributed by atoms with Crippen molar-refractivity contribution in [2.45, 2.75) is 45.1 Å². The molecule has 1 atom stereocenters. The number of hydrogen-bond donors (Lipinski definition) is 3. The van der Waals surface area contributed by atoms with E-state index in [0.717, 1.165) is 43.4 Å². The van der Waals surface area contributed by atoms with E-state index in [1.54, 1.807) is 23.5 Å². The molecule has 41 heavy (non-hydrogen) atoms. The lowest BCUT2D eigenvalue weighted by Crippen LogP contribution is -2.34. The maximum Gasteiger partial charge on any atom is 0.421 e. The van der Waals surface area contributed by atoms with Gasteiger partial charge in [-0.1, -0.05) is 18.2 Å². The third kappa shape index (κ3) is 8.08. The van der Waals surface area contributed by atoms with E-state index in [4.69, 9.17) is 9.47 Å². The third-order valence-corrected chi connectivity index (χ3v) is 7.80. The molecule has 1 saturated heterocycles. The van der Waals surface area contributed by atoms with Gasteiger partial charge in [-0.2, -0.15) is 18.2 Å². The minimum absolute atomic E-state index is 0.0226. The van der Waals surface area contributed by atoms with E-state index in [1.165, 1.54) is 13.4 Å². The van der Waals surface area contributed by atoms with Crippen molar-refractivity contribution in [3.8, 4) is 5.75 Å². The minimum atomic E-state index is -4.67. The molecular weight excluding hydrogens is 557 g/mol. The molecule has 13 heteroatoms. The summed E-state index contributed by atoms with van der Waals surface area (Å²) in [6.07, 6.45) is -0.473. The van der Waals surface area contributed by atoms with Crippen LogP contribution >= 0.6 is 0 Å². The van der Waals surface area contributed by atoms with E-state index < -0.39 is 22.7 Å². The van der Waals surface area contributed by atoms with Gasteiger partial charge in [-0.05, 0) is 54.7 Å². The molecule has 0 radical (unpaired) electrons. The number of nitrogens with one attached hydrogen (secondary N) is 3. The first-order chi connectivity index (χ1) is 19.5. The van der Waals surface area contributed by atoms with Gasteiger partial charge in [-0.25, -0.2) is 9.19 Å². The van der Waals surface area contributed by atoms with Gasteiger partial charge in [0.1, 0.15) is 28.1 Å². The summed E-state index contributed by atoms with van der Waals surface area (Å²) in [5.74, 6) is 0.107. The highest BCUT2D eigenvalue weighted by molar-refractivity contribution is 7.85. The molecule has 0 aliphatic carbocycles. The molecule has 1 fully saturated rings. The summed E-state index contributed by atoms with van der Waals surface area (Å²) in [7, 11) is 1.88. The molecule has 0 bridgehead atoms. The van der Waals surface area contributed by atoms with Crippen molar-refractivity contribution in [2.75, 3.05) is 48.6 Å². The molecule has 1 unspecified atom stereocenters. The van der Waals surface area contributed by atoms with E-state index in [9.17, 15) is 17.4 Å². The largest absolute Gasteiger partial charge is 0.495 e. The molecule has 0 saturated carbocycles. The molecule has 1 aliphatic heterocycles. The number of aromatic nitrogens is 2. The Balaban J connectivity index is 1.54. The van der Waals surface area contributed by atoms with Gasteiger partial charge >= 0.3 is 6.18 Å². The predicted octanol–water partition coefficient (Wildman–Crippen LogP) is 5.17. The Bertz CT molecular complexity index is 1370. The van der Waals surface area contributed by atoms with Gasteiger partial charge in [0.25, 0.3) is 0 Å². The molecule has 9 nitrogen and oxygen atoms in total. The summed E-state index contributed by atoms with van der Waals surface area (Å²) in [5, 5.41) is 9.32. The van der Waals surface area contributed by atoms with E-state index in [1.807, 2.05) is 31.2 Å². The number of alkyl halides is 3. The Hall–Kier alpha value is -3.42. The lowest BCUT2D eigenvalue weighted by molar-refractivity contribution is -0.137. The number of rotatable bonds is 11. The molecule has 3 N–H and O–H groups in total. The SMILES string of the molecule is COc1cc(CNC2CCOCC2)ccc1Nc1ncc(C(F)(F)F)c(NCc2ccc(C)cc2N(C)S(C)=O)n1. The van der Waals surface area contributed by atoms with E-state index in [2.05, 4.69) is 25.9 Å². The molecule has 2 heterocycles. The molecule has 2 aromatic carbocycles. The van der Waals surface area contributed by atoms with Crippen molar-refractivity contribution in [1.29, 1.82) is 0 Å². The zero-order valence-electron chi connectivity index (χ0n) is 23.5. The van der Waals surface area contributed by atoms with E-state index in [-0.39, 0.29) is 18.3 Å². The van der Waals surface area contributed by atoms with E-state index >= 15 is 0 Å². The number of aryl methyl sites for hydroxylation is 1. The van der Waals surface area contributed by atoms with Gasteiger partial charge in [0.05, 0.1) is 18.5 Å². The highest BCUT2D eigenvalue weighted by Gasteiger charge is 2.35. The number of ether oxygens (including phenoxy) is 2. The van der Waals surface area contributed by atoms with Gasteiger partial charge in [0, 0.05) is 51.8 Å². The van der Waals surface area contributed by atoms with Crippen LogP contribution in [0.2, 0.25) is 0 Å². The van der Waals surface area contributed by atoms with Crippen molar-refractivity contribution in [3.05, 3.63) is 64.8 Å². The van der Waals surface area contributed by atoms with Gasteiger partial charge in [0.15, 0.2) is 0 Å². The van der Waals surface area contributed by atoms with Gasteiger partial charge in [0.2, 0.25) is 5.95 Å². The topological polar surface area (TPSA) is 101 Å². The molecule has 4 rings (SSSR count). The highest BCUT2D eigenvalue weighted by atomic mass is 32.2. The van der Waals surface area contributed by atoms with Crippen LogP contribution in [0.5, 0.6) is 5.75 Å². The Morgan fingerprint density at radius 3 is 2.59 bits per heavy atom. The Morgan fingerprint density at radius 2 is 1.90 bits per heavy atom. The Kier molecular flexibility index (Phi) is 10.1. The second-order valence-corrected chi connectivity index (χ2v) is 11.2. The van der Waals surface area contributed by atoms with Gasteiger partial charge < -0.3 is 25.4 Å². The van der Waals surface area contributed by atoms with Crippen molar-refractivity contribution in [3.63, 3.8) is 0 Å². The van der Waals surface area contributed by atoms with Crippen molar-refractivity contribution >= 4 is 34.1 Å². The summed E-state index contributed by atoms with van der Waals surface area (Å²) >= 11 is 0. The highest BCUT2D eigenvalue weighted by Crippen LogP contribution is 2.35. The minimum Gasteiger partial charge on any atom is -0.495 e. The number of hydrogen-bond acceptors (Lipinski definition) is 8. The van der Waals surface area contributed by atoms with Crippen LogP contribution in [0.25, 0.3) is 0 Å². The van der Waals surface area contributed by atoms with Gasteiger partial charge in [-0.3, -0.25) is 4.31 Å². The van der Waals surface area contributed by atoms with Crippen molar-refractivity contribution in [1.82, 2.24) is 15.3 Å². The monoisotopic (exact) mass is 592 g/mol. The van der Waals surface area contributed by atoms with Gasteiger partial charge in [-0.15, -0.1) is 0 Å². The van der Waals surface area contributed by atoms with Crippen LogP contribution < -0.4 is 25.0 Å². The summed E-state index contributed by atoms with van der Waals surface area (Å²) in [5.41, 5.74) is 2.77. The van der Waals surface area contributed by atoms with E-state index in [0.29, 0.717) is 35.3 Å². The first-order valence-corrected chi connectivity index (χ1v) is 14.7. The summed E-state index contributed by atoms with van der Waals surface area (Å²) in [6, 6.07) is 11.4. The molecule has 0 spiro atoms. The van der Waals surface area contributed by atoms with Crippen LogP contribution in [0.1, 0.15) is 35.1 Å². The number of nitrogens with zero attached hydrogens (tertiary/aromatic N) is 3. The fourth-order valence-electron chi connectivity index (χ4n) is 4.45. The lowest BCUT2D eigenvalue weighted by atomic mass is 10.1. The summed E-state index contributed by atoms with van der Waals surface area (Å²) < 4.78 is 66.1. The van der Waals surface area contributed by atoms with Crippen molar-refractivity contribution in [2.24, 2.45) is 0 Å². The molecule has 1 aliphatic rings. The smallest absolute Gasteiger partial charge is 0.421 e. The number of halogens is 3. The molecule has 3 aromatic rings. The lowest BCUT2D eigenvalue weighted by Gasteiger charge is -2.23. The standard InChI is InChI=1S/C28H35F3N6O3S/c1-18-5-7-20(24(13-18)37(2)41(4)38)16-33-26-22(28(29,30)31)17-34-27(36-26)35-23-8-6-19(14-25(23)39-3)15-32-21-9-11-40-12-10-21/h5-8,13-14,17,21,32H,9-12,15-16H2,1-4H3,(H2,33,34,35,36). The maximum atomic E-state index is 13.8. The average Bonchev–Trinajstić information content (AvgIpc) is 2.95. The number of anilines is 4. The van der Waals surface area contributed by atoms with Crippen LogP contribution in [0.3, 0.4) is 0 Å². The first kappa shape index (κ1) is 30.5. The number of methoxy groups -OCH3 is 1. The Labute approximate surface area is 240 Å². The first-order valence-electron chi connectivity index (χ1n) is 13.1. The molecule has 1 aromatic heterocycles. The second kappa shape index (κ2) is 13.5. The second-order valence-electron chi connectivity index (χ2n) is 9.79. The fourth-order valence-corrected chi connectivity index (χ4v) is 4.90. The normalized spacial score (nSPS) is 14.9. The summed E-state index contributed by atoms with van der Waals surface area (Å²) in [6.45, 7) is 4.05. The molecular formula is C28H35F3N6O3S. The van der Waals surface area contributed by atoms with Crippen LogP contribution in [0.4, 0.5) is 36.3 Å². The Morgan fingerprint density at radius 1 is 1.15 bits per heavy atom. The molecule has 222 valence electrons. The third-order valence-electron chi connectivity index (χ3n) is 6.83. The zero-order chi connectivity index (χ0) is 29.6. The number of benzene rings is 2. The maximum absolute atomic E-state index is 13.8. The molecule has 0 amide bonds. The van der Waals surface area contributed by atoms with Crippen LogP contribution in [0.15, 0.2) is 42.6 Å². The van der Waals surface area contributed by atoms with Crippen molar-refractivity contribution < 1.29 is 26.9 Å². The average molecular weight is 593 g/mol.